The second kappa shape index (κ2) is 13.0. The first-order chi connectivity index (χ1) is 19.2. The van der Waals surface area contributed by atoms with Gasteiger partial charge in [0.25, 0.3) is 5.09 Å². The molecule has 0 radical (unpaired) electrons. The summed E-state index contributed by atoms with van der Waals surface area (Å²) in [6, 6.07) is 4.42. The van der Waals surface area contributed by atoms with Crippen LogP contribution in [0.15, 0.2) is 44.3 Å². The highest BCUT2D eigenvalue weighted by molar-refractivity contribution is 7.89. The van der Waals surface area contributed by atoms with Crippen molar-refractivity contribution in [3.63, 3.8) is 0 Å². The molecule has 1 unspecified atom stereocenters. The van der Waals surface area contributed by atoms with Crippen molar-refractivity contribution in [2.75, 3.05) is 45.9 Å². The Balaban J connectivity index is 1.58. The van der Waals surface area contributed by atoms with Gasteiger partial charge in [-0.05, 0) is 37.5 Å². The molecule has 1 saturated heterocycles. The molecule has 0 aliphatic carbocycles. The number of benzene rings is 1. The van der Waals surface area contributed by atoms with Crippen molar-refractivity contribution in [2.45, 2.75) is 63.8 Å². The van der Waals surface area contributed by atoms with Crippen LogP contribution in [0.4, 0.5) is 0 Å². The Bertz CT molecular complexity index is 1330. The standard InChI is InChI=1S/C27H37N5O7S/c1-4-7-23-26-21(27(33)22(6-3)28-23)18-24(29-26)20-17-19(8-9-25(20)38-15-5-2)40(36,37)31-12-10-30(11-13-31)14-16-39-32(34)35/h8-9,17,22H,4-7,10-16,18H2,1-3H3. The van der Waals surface area contributed by atoms with Crippen molar-refractivity contribution < 1.29 is 27.9 Å². The minimum absolute atomic E-state index is 0.0163. The van der Waals surface area contributed by atoms with Crippen LogP contribution in [0.5, 0.6) is 5.75 Å². The van der Waals surface area contributed by atoms with E-state index in [2.05, 4.69) is 16.8 Å². The van der Waals surface area contributed by atoms with Gasteiger partial charge in [-0.25, -0.2) is 13.4 Å². The van der Waals surface area contributed by atoms with Crippen molar-refractivity contribution in [3.8, 4) is 5.75 Å². The number of piperazine rings is 1. The van der Waals surface area contributed by atoms with Gasteiger partial charge in [0.05, 0.1) is 28.6 Å². The Labute approximate surface area is 234 Å². The van der Waals surface area contributed by atoms with Crippen LogP contribution in [-0.2, 0) is 19.7 Å². The molecule has 1 atom stereocenters. The lowest BCUT2D eigenvalue weighted by molar-refractivity contribution is -0.757. The van der Waals surface area contributed by atoms with Gasteiger partial charge in [-0.15, -0.1) is 10.1 Å². The minimum Gasteiger partial charge on any atom is -0.493 e. The summed E-state index contributed by atoms with van der Waals surface area (Å²) in [5, 5.41) is 9.55. The average molecular weight is 576 g/mol. The van der Waals surface area contributed by atoms with E-state index >= 15 is 0 Å². The van der Waals surface area contributed by atoms with Gasteiger partial charge in [0.2, 0.25) is 10.0 Å². The molecule has 4 rings (SSSR count). The SMILES string of the molecule is CCCOc1ccc(S(=O)(=O)N2CCN(CCO[N+](=O)[O-])CC2)cc1C1=NC2=C(C1)C(=O)C(CC)N=C2CCC. The van der Waals surface area contributed by atoms with E-state index in [1.807, 2.05) is 18.7 Å². The maximum Gasteiger partial charge on any atom is 0.294 e. The van der Waals surface area contributed by atoms with Crippen LogP contribution in [0.3, 0.4) is 0 Å². The number of carbonyl (C=O) groups excluding carboxylic acids is 1. The molecule has 1 aromatic rings. The summed E-state index contributed by atoms with van der Waals surface area (Å²) in [6.07, 6.45) is 3.30. The largest absolute Gasteiger partial charge is 0.493 e. The first-order valence-electron chi connectivity index (χ1n) is 13.9. The molecule has 3 aliphatic rings. The van der Waals surface area contributed by atoms with E-state index in [0.29, 0.717) is 67.4 Å². The van der Waals surface area contributed by atoms with Crippen LogP contribution >= 0.6 is 0 Å². The summed E-state index contributed by atoms with van der Waals surface area (Å²) >= 11 is 0. The van der Waals surface area contributed by atoms with Gasteiger partial charge in [-0.1, -0.05) is 27.2 Å². The zero-order valence-corrected chi connectivity index (χ0v) is 24.1. The van der Waals surface area contributed by atoms with Crippen molar-refractivity contribution in [2.24, 2.45) is 9.98 Å². The summed E-state index contributed by atoms with van der Waals surface area (Å²) in [5.41, 5.74) is 3.28. The molecule has 1 fully saturated rings. The van der Waals surface area contributed by atoms with Crippen LogP contribution < -0.4 is 4.74 Å². The molecule has 0 spiro atoms. The molecule has 13 heteroatoms. The maximum atomic E-state index is 13.6. The zero-order chi connectivity index (χ0) is 28.9. The van der Waals surface area contributed by atoms with Gasteiger partial charge in [-0.3, -0.25) is 14.7 Å². The first-order valence-corrected chi connectivity index (χ1v) is 15.3. The van der Waals surface area contributed by atoms with E-state index in [1.165, 1.54) is 4.31 Å². The van der Waals surface area contributed by atoms with Crippen LogP contribution in [-0.4, -0.2) is 91.9 Å². The minimum atomic E-state index is -3.83. The third-order valence-corrected chi connectivity index (χ3v) is 9.13. The fourth-order valence-electron chi connectivity index (χ4n) is 5.12. The molecular weight excluding hydrogens is 538 g/mol. The first kappa shape index (κ1) is 29.8. The van der Waals surface area contributed by atoms with E-state index in [9.17, 15) is 23.3 Å². The zero-order valence-electron chi connectivity index (χ0n) is 23.3. The Morgan fingerprint density at radius 1 is 1.10 bits per heavy atom. The summed E-state index contributed by atoms with van der Waals surface area (Å²) in [6.45, 7) is 8.13. The third-order valence-electron chi connectivity index (χ3n) is 7.23. The number of dihydropyridines is 1. The average Bonchev–Trinajstić information content (AvgIpc) is 3.40. The van der Waals surface area contributed by atoms with Gasteiger partial charge in [-0.2, -0.15) is 4.31 Å². The number of hydrogen-bond acceptors (Lipinski definition) is 10. The van der Waals surface area contributed by atoms with Crippen LogP contribution in [0, 0.1) is 10.1 Å². The van der Waals surface area contributed by atoms with E-state index in [4.69, 9.17) is 9.73 Å². The number of Topliss-reactive ketones (excluding diaryl/α,β-unsaturated/α-hetero) is 1. The topological polar surface area (TPSA) is 144 Å². The Morgan fingerprint density at radius 2 is 1.85 bits per heavy atom. The maximum absolute atomic E-state index is 13.6. The van der Waals surface area contributed by atoms with Crippen LogP contribution in [0.25, 0.3) is 0 Å². The molecular formula is C27H37N5O7S. The summed E-state index contributed by atoms with van der Waals surface area (Å²) in [5.74, 6) is 0.515. The molecule has 218 valence electrons. The number of rotatable bonds is 13. The molecule has 40 heavy (non-hydrogen) atoms. The van der Waals surface area contributed by atoms with Gasteiger partial charge in [0.15, 0.2) is 5.78 Å². The van der Waals surface area contributed by atoms with Crippen molar-refractivity contribution in [1.29, 1.82) is 0 Å². The molecule has 3 heterocycles. The number of sulfonamides is 1. The highest BCUT2D eigenvalue weighted by Gasteiger charge is 2.36. The monoisotopic (exact) mass is 575 g/mol. The van der Waals surface area contributed by atoms with Gasteiger partial charge >= 0.3 is 0 Å². The summed E-state index contributed by atoms with van der Waals surface area (Å²) in [4.78, 5) is 39.5. The predicted octanol–water partition coefficient (Wildman–Crippen LogP) is 3.04. The lowest BCUT2D eigenvalue weighted by atomic mass is 9.91. The predicted molar refractivity (Wildman–Crippen MR) is 150 cm³/mol. The number of hydrogen-bond donors (Lipinski definition) is 0. The summed E-state index contributed by atoms with van der Waals surface area (Å²) in [7, 11) is -3.83. The third kappa shape index (κ3) is 6.42. The van der Waals surface area contributed by atoms with Crippen LogP contribution in [0.1, 0.15) is 58.4 Å². The second-order valence-corrected chi connectivity index (χ2v) is 11.9. The quantitative estimate of drug-likeness (QED) is 0.258. The molecule has 0 bridgehead atoms. The van der Waals surface area contributed by atoms with Crippen LogP contribution in [0.2, 0.25) is 0 Å². The molecule has 3 aliphatic heterocycles. The molecule has 0 N–H and O–H groups in total. The van der Waals surface area contributed by atoms with Crippen molar-refractivity contribution in [1.82, 2.24) is 9.21 Å². The highest BCUT2D eigenvalue weighted by Crippen LogP contribution is 2.35. The Morgan fingerprint density at radius 3 is 2.50 bits per heavy atom. The van der Waals surface area contributed by atoms with E-state index < -0.39 is 21.2 Å². The number of nitrogens with zero attached hydrogens (tertiary/aromatic N) is 5. The molecule has 0 amide bonds. The summed E-state index contributed by atoms with van der Waals surface area (Å²) < 4.78 is 34.7. The van der Waals surface area contributed by atoms with E-state index in [1.54, 1.807) is 18.2 Å². The smallest absolute Gasteiger partial charge is 0.294 e. The fraction of sp³-hybridized carbons (Fsp3) is 0.593. The van der Waals surface area contributed by atoms with Crippen molar-refractivity contribution in [3.05, 3.63) is 45.1 Å². The highest BCUT2D eigenvalue weighted by atomic mass is 32.2. The van der Waals surface area contributed by atoms with Gasteiger partial charge in [0, 0.05) is 50.3 Å². The Hall–Kier alpha value is -3.16. The molecule has 12 nitrogen and oxygen atoms in total. The number of ether oxygens (including phenoxy) is 1. The molecule has 0 aromatic heterocycles. The van der Waals surface area contributed by atoms with Crippen molar-refractivity contribution >= 4 is 27.2 Å². The lowest BCUT2D eigenvalue weighted by Gasteiger charge is -2.33. The van der Waals surface area contributed by atoms with E-state index in [-0.39, 0.29) is 30.4 Å². The number of aliphatic imine (C=N–C) groups is 2. The number of ketones is 1. The second-order valence-electron chi connectivity index (χ2n) is 9.99. The number of carbonyl (C=O) groups is 1. The Kier molecular flexibility index (Phi) is 9.69. The number of allylic oxidation sites excluding steroid dienone is 1. The normalized spacial score (nSPS) is 20.3. The van der Waals surface area contributed by atoms with Gasteiger partial charge in [0.1, 0.15) is 18.4 Å². The molecule has 0 saturated carbocycles. The van der Waals surface area contributed by atoms with E-state index in [0.717, 1.165) is 25.0 Å². The lowest BCUT2D eigenvalue weighted by Crippen LogP contribution is -2.49. The molecule has 1 aromatic carbocycles. The van der Waals surface area contributed by atoms with Gasteiger partial charge < -0.3 is 9.57 Å². The fourth-order valence-corrected chi connectivity index (χ4v) is 6.57.